The van der Waals surface area contributed by atoms with Crippen LogP contribution in [0.5, 0.6) is 0 Å². The molecule has 0 unspecified atom stereocenters. The lowest BCUT2D eigenvalue weighted by molar-refractivity contribution is 0.0118. The lowest BCUT2D eigenvalue weighted by Crippen LogP contribution is -2.41. The number of alkyl halides is 2. The molecule has 3 N–H and O–H groups in total. The molecule has 1 aromatic rings. The molecule has 0 saturated carbocycles. The molecule has 0 aliphatic heterocycles. The van der Waals surface area contributed by atoms with E-state index in [0.29, 0.717) is 0 Å². The molecule has 18 heavy (non-hydrogen) atoms. The molecule has 0 saturated heterocycles. The summed E-state index contributed by atoms with van der Waals surface area (Å²) < 4.78 is 25.5. The fraction of sp³-hybridized carbons (Fsp3) is 0.333. The summed E-state index contributed by atoms with van der Waals surface area (Å²) in [6.45, 7) is -1.64. The zero-order chi connectivity index (χ0) is 12.2. The molecule has 0 aliphatic carbocycles. The van der Waals surface area contributed by atoms with Gasteiger partial charge in [-0.3, -0.25) is 9.78 Å². The molecule has 1 heterocycles. The molecule has 0 fully saturated rings. The number of hydrogen-bond donors (Lipinski definition) is 2. The molecule has 4 nitrogen and oxygen atoms in total. The molecule has 0 bridgehead atoms. The Bertz CT molecular complexity index is 393. The molecule has 1 rings (SSSR count). The van der Waals surface area contributed by atoms with Crippen LogP contribution in [0.25, 0.3) is 0 Å². The van der Waals surface area contributed by atoms with Crippen molar-refractivity contribution in [1.29, 1.82) is 0 Å². The van der Waals surface area contributed by atoms with Gasteiger partial charge in [-0.25, -0.2) is 8.78 Å². The molecule has 0 spiro atoms. The van der Waals surface area contributed by atoms with Crippen molar-refractivity contribution in [3.8, 4) is 0 Å². The number of nitrogens with zero attached hydrogens (tertiary/aromatic N) is 1. The van der Waals surface area contributed by atoms with E-state index >= 15 is 0 Å². The van der Waals surface area contributed by atoms with E-state index in [9.17, 15) is 13.6 Å². The number of nitrogens with one attached hydrogen (secondary N) is 1. The average molecular weight is 323 g/mol. The molecule has 0 aromatic carbocycles. The van der Waals surface area contributed by atoms with Crippen molar-refractivity contribution in [2.75, 3.05) is 13.1 Å². The van der Waals surface area contributed by atoms with E-state index in [-0.39, 0.29) is 35.4 Å². The lowest BCUT2D eigenvalue weighted by atomic mass is 10.2. The number of carbonyl (C=O) groups excluding carboxylic acids is 1. The van der Waals surface area contributed by atoms with Crippen LogP contribution in [-0.2, 0) is 0 Å². The molecule has 1 amide bonds. The van der Waals surface area contributed by atoms with Gasteiger partial charge in [-0.05, 0) is 6.07 Å². The average Bonchev–Trinajstić information content (AvgIpc) is 2.27. The first kappa shape index (κ1) is 19.6. The maximum absolute atomic E-state index is 12.7. The zero-order valence-electron chi connectivity index (χ0n) is 9.03. The number of nitrogens with two attached hydrogens (primary N) is 1. The number of halogens is 5. The smallest absolute Gasteiger partial charge is 0.277 e. The van der Waals surface area contributed by atoms with Gasteiger partial charge in [-0.2, -0.15) is 0 Å². The third kappa shape index (κ3) is 5.77. The Kier molecular flexibility index (Phi) is 9.19. The van der Waals surface area contributed by atoms with Crippen LogP contribution in [0.1, 0.15) is 10.4 Å². The predicted molar refractivity (Wildman–Crippen MR) is 70.1 cm³/mol. The highest BCUT2D eigenvalue weighted by atomic mass is 35.5. The van der Waals surface area contributed by atoms with E-state index in [1.165, 1.54) is 18.5 Å². The van der Waals surface area contributed by atoms with Crippen LogP contribution in [0, 0.1) is 0 Å². The maximum atomic E-state index is 12.7. The minimum absolute atomic E-state index is 0. The van der Waals surface area contributed by atoms with Gasteiger partial charge in [0.05, 0.1) is 23.7 Å². The van der Waals surface area contributed by atoms with E-state index < -0.39 is 24.9 Å². The van der Waals surface area contributed by atoms with Crippen LogP contribution in [0.2, 0.25) is 5.02 Å². The van der Waals surface area contributed by atoms with Crippen molar-refractivity contribution in [1.82, 2.24) is 10.3 Å². The SMILES string of the molecule is Cl.Cl.NCC(F)(F)CNC(=O)c1ccncc1Cl. The Morgan fingerprint density at radius 2 is 2.11 bits per heavy atom. The quantitative estimate of drug-likeness (QED) is 0.889. The lowest BCUT2D eigenvalue weighted by Gasteiger charge is -2.14. The van der Waals surface area contributed by atoms with E-state index in [0.717, 1.165) is 0 Å². The first-order valence-electron chi connectivity index (χ1n) is 4.42. The monoisotopic (exact) mass is 321 g/mol. The van der Waals surface area contributed by atoms with Crippen molar-refractivity contribution in [2.45, 2.75) is 5.92 Å². The second-order valence-electron chi connectivity index (χ2n) is 3.10. The van der Waals surface area contributed by atoms with Crippen molar-refractivity contribution in [3.05, 3.63) is 29.0 Å². The molecule has 0 atom stereocenters. The largest absolute Gasteiger partial charge is 0.346 e. The number of hydrogen-bond acceptors (Lipinski definition) is 3. The number of amides is 1. The molecule has 104 valence electrons. The van der Waals surface area contributed by atoms with Crippen molar-refractivity contribution in [2.24, 2.45) is 5.73 Å². The predicted octanol–water partition coefficient (Wildman–Crippen LogP) is 1.90. The standard InChI is InChI=1S/C9H10ClF2N3O.2ClH/c10-7-3-14-2-1-6(7)8(16)15-5-9(11,12)4-13;;/h1-3H,4-5,13H2,(H,15,16);2*1H. The third-order valence-corrected chi connectivity index (χ3v) is 2.12. The van der Waals surface area contributed by atoms with Crippen molar-refractivity contribution >= 4 is 42.3 Å². The minimum atomic E-state index is -3.12. The van der Waals surface area contributed by atoms with Crippen LogP contribution < -0.4 is 11.1 Å². The highest BCUT2D eigenvalue weighted by Gasteiger charge is 2.27. The van der Waals surface area contributed by atoms with Crippen LogP contribution >= 0.6 is 36.4 Å². The zero-order valence-corrected chi connectivity index (χ0v) is 11.4. The minimum Gasteiger partial charge on any atom is -0.346 e. The first-order valence-corrected chi connectivity index (χ1v) is 4.80. The summed E-state index contributed by atoms with van der Waals surface area (Å²) >= 11 is 5.67. The van der Waals surface area contributed by atoms with E-state index in [2.05, 4.69) is 4.98 Å². The first-order chi connectivity index (χ1) is 7.46. The Hall–Kier alpha value is -0.690. The summed E-state index contributed by atoms with van der Waals surface area (Å²) in [6, 6.07) is 1.35. The number of rotatable bonds is 4. The Morgan fingerprint density at radius 1 is 1.50 bits per heavy atom. The fourth-order valence-corrected chi connectivity index (χ4v) is 1.14. The number of pyridine rings is 1. The molecular formula is C9H12Cl3F2N3O. The van der Waals surface area contributed by atoms with Crippen molar-refractivity contribution < 1.29 is 13.6 Å². The molecule has 1 aromatic heterocycles. The molecule has 0 radical (unpaired) electrons. The van der Waals surface area contributed by atoms with Gasteiger partial charge in [-0.1, -0.05) is 11.6 Å². The summed E-state index contributed by atoms with van der Waals surface area (Å²) in [5, 5.41) is 2.16. The van der Waals surface area contributed by atoms with Crippen LogP contribution in [0.3, 0.4) is 0 Å². The van der Waals surface area contributed by atoms with Crippen LogP contribution in [0.15, 0.2) is 18.5 Å². The molecular weight excluding hydrogens is 310 g/mol. The highest BCUT2D eigenvalue weighted by molar-refractivity contribution is 6.33. The Labute approximate surface area is 120 Å². The van der Waals surface area contributed by atoms with Gasteiger partial charge in [-0.15, -0.1) is 24.8 Å². The maximum Gasteiger partial charge on any atom is 0.277 e. The summed E-state index contributed by atoms with van der Waals surface area (Å²) in [6.07, 6.45) is 2.61. The molecule has 0 aliphatic rings. The second-order valence-corrected chi connectivity index (χ2v) is 3.51. The summed E-state index contributed by atoms with van der Waals surface area (Å²) in [7, 11) is 0. The van der Waals surface area contributed by atoms with E-state index in [1.807, 2.05) is 5.32 Å². The third-order valence-electron chi connectivity index (χ3n) is 1.82. The Balaban J connectivity index is 0. The molecule has 9 heteroatoms. The van der Waals surface area contributed by atoms with Gasteiger partial charge in [0.25, 0.3) is 11.8 Å². The van der Waals surface area contributed by atoms with E-state index in [1.54, 1.807) is 0 Å². The van der Waals surface area contributed by atoms with Gasteiger partial charge in [0.2, 0.25) is 0 Å². The number of carbonyl (C=O) groups is 1. The van der Waals surface area contributed by atoms with E-state index in [4.69, 9.17) is 17.3 Å². The number of aromatic nitrogens is 1. The summed E-state index contributed by atoms with van der Waals surface area (Å²) in [5.74, 6) is -3.80. The van der Waals surface area contributed by atoms with Crippen molar-refractivity contribution in [3.63, 3.8) is 0 Å². The van der Waals surface area contributed by atoms with Gasteiger partial charge in [0.1, 0.15) is 0 Å². The van der Waals surface area contributed by atoms with Gasteiger partial charge < -0.3 is 11.1 Å². The fourth-order valence-electron chi connectivity index (χ4n) is 0.936. The van der Waals surface area contributed by atoms with Gasteiger partial charge in [0, 0.05) is 12.4 Å². The van der Waals surface area contributed by atoms with Gasteiger partial charge in [0.15, 0.2) is 0 Å². The summed E-state index contributed by atoms with van der Waals surface area (Å²) in [4.78, 5) is 15.1. The van der Waals surface area contributed by atoms with Gasteiger partial charge >= 0.3 is 0 Å². The van der Waals surface area contributed by atoms with Crippen LogP contribution in [0.4, 0.5) is 8.78 Å². The summed E-state index contributed by atoms with van der Waals surface area (Å²) in [5.41, 5.74) is 4.93. The second kappa shape index (κ2) is 8.42. The Morgan fingerprint density at radius 3 is 2.61 bits per heavy atom. The topological polar surface area (TPSA) is 68.0 Å². The highest BCUT2D eigenvalue weighted by Crippen LogP contribution is 2.14. The van der Waals surface area contributed by atoms with Crippen LogP contribution in [-0.4, -0.2) is 29.9 Å². The normalized spacial score (nSPS) is 10.0.